The fraction of sp³-hybridized carbons (Fsp3) is 0.800. The van der Waals surface area contributed by atoms with E-state index in [1.165, 1.54) is 6.92 Å². The number of hydrogen-bond donors (Lipinski definition) is 3. The smallest absolute Gasteiger partial charge is 0.239 e. The van der Waals surface area contributed by atoms with Crippen molar-refractivity contribution in [2.45, 2.75) is 25.4 Å². The number of amides is 2. The molecule has 6 nitrogen and oxygen atoms in total. The maximum absolute atomic E-state index is 11.3. The van der Waals surface area contributed by atoms with Crippen LogP contribution in [0.15, 0.2) is 0 Å². The molecule has 3 N–H and O–H groups in total. The summed E-state index contributed by atoms with van der Waals surface area (Å²) in [4.78, 5) is 21.8. The first-order valence-electron chi connectivity index (χ1n) is 5.33. The molecule has 16 heavy (non-hydrogen) atoms. The zero-order valence-corrected chi connectivity index (χ0v) is 9.41. The number of rotatable bonds is 4. The fourth-order valence-corrected chi connectivity index (χ4v) is 1.46. The van der Waals surface area contributed by atoms with E-state index >= 15 is 0 Å². The van der Waals surface area contributed by atoms with Gasteiger partial charge >= 0.3 is 0 Å². The molecular weight excluding hydrogens is 212 g/mol. The van der Waals surface area contributed by atoms with Gasteiger partial charge in [-0.1, -0.05) is 0 Å². The van der Waals surface area contributed by atoms with Gasteiger partial charge in [0.25, 0.3) is 0 Å². The highest BCUT2D eigenvalue weighted by molar-refractivity contribution is 5.83. The van der Waals surface area contributed by atoms with Crippen LogP contribution in [0.1, 0.15) is 19.8 Å². The molecule has 0 aromatic rings. The largest absolute Gasteiger partial charge is 0.388 e. The van der Waals surface area contributed by atoms with Gasteiger partial charge in [0.15, 0.2) is 0 Å². The van der Waals surface area contributed by atoms with E-state index in [2.05, 4.69) is 10.6 Å². The Morgan fingerprint density at radius 2 is 1.94 bits per heavy atom. The molecule has 0 unspecified atom stereocenters. The molecule has 0 aromatic carbocycles. The summed E-state index contributed by atoms with van der Waals surface area (Å²) in [6.07, 6.45) is 1.04. The van der Waals surface area contributed by atoms with Crippen molar-refractivity contribution >= 4 is 11.8 Å². The summed E-state index contributed by atoms with van der Waals surface area (Å²) >= 11 is 0. The Morgan fingerprint density at radius 1 is 1.31 bits per heavy atom. The minimum absolute atomic E-state index is 0.0537. The molecule has 1 heterocycles. The maximum Gasteiger partial charge on any atom is 0.239 e. The van der Waals surface area contributed by atoms with Crippen molar-refractivity contribution in [3.8, 4) is 0 Å². The first kappa shape index (κ1) is 12.9. The molecule has 0 aliphatic carbocycles. The highest BCUT2D eigenvalue weighted by atomic mass is 16.5. The minimum atomic E-state index is -0.871. The summed E-state index contributed by atoms with van der Waals surface area (Å²) in [7, 11) is 0. The molecule has 2 amide bonds. The van der Waals surface area contributed by atoms with E-state index in [9.17, 15) is 14.7 Å². The van der Waals surface area contributed by atoms with Crippen LogP contribution in [0.25, 0.3) is 0 Å². The van der Waals surface area contributed by atoms with Crippen molar-refractivity contribution in [1.29, 1.82) is 0 Å². The standard InChI is InChI=1S/C10H18N2O4/c1-8(13)11-6-9(14)12-7-10(15)2-4-16-5-3-10/h15H,2-7H2,1H3,(H,11,13)(H,12,14). The van der Waals surface area contributed by atoms with Crippen molar-refractivity contribution in [1.82, 2.24) is 10.6 Å². The van der Waals surface area contributed by atoms with Crippen LogP contribution in [0.2, 0.25) is 0 Å². The van der Waals surface area contributed by atoms with Gasteiger partial charge in [-0.05, 0) is 0 Å². The zero-order chi connectivity index (χ0) is 12.0. The predicted octanol–water partition coefficient (Wildman–Crippen LogP) is -1.22. The average Bonchev–Trinajstić information content (AvgIpc) is 2.25. The molecule has 0 aromatic heterocycles. The van der Waals surface area contributed by atoms with Gasteiger partial charge in [-0.25, -0.2) is 0 Å². The number of carbonyl (C=O) groups excluding carboxylic acids is 2. The normalized spacial score (nSPS) is 18.9. The molecule has 1 aliphatic rings. The zero-order valence-electron chi connectivity index (χ0n) is 9.41. The van der Waals surface area contributed by atoms with E-state index < -0.39 is 5.60 Å². The van der Waals surface area contributed by atoms with Crippen LogP contribution in [-0.2, 0) is 14.3 Å². The summed E-state index contributed by atoms with van der Waals surface area (Å²) in [6.45, 7) is 2.52. The van der Waals surface area contributed by atoms with Gasteiger partial charge in [0.2, 0.25) is 11.8 Å². The van der Waals surface area contributed by atoms with E-state index in [0.717, 1.165) is 0 Å². The highest BCUT2D eigenvalue weighted by Crippen LogP contribution is 2.18. The van der Waals surface area contributed by atoms with Crippen molar-refractivity contribution in [3.05, 3.63) is 0 Å². The van der Waals surface area contributed by atoms with Gasteiger partial charge in [0.1, 0.15) is 0 Å². The lowest BCUT2D eigenvalue weighted by atomic mass is 9.94. The summed E-state index contributed by atoms with van der Waals surface area (Å²) in [5, 5.41) is 15.0. The second-order valence-corrected chi connectivity index (χ2v) is 4.02. The molecule has 0 spiro atoms. The molecule has 1 aliphatic heterocycles. The Hall–Kier alpha value is -1.14. The Labute approximate surface area is 94.3 Å². The second kappa shape index (κ2) is 5.81. The van der Waals surface area contributed by atoms with Crippen LogP contribution in [-0.4, -0.2) is 48.8 Å². The van der Waals surface area contributed by atoms with E-state index in [4.69, 9.17) is 4.74 Å². The third kappa shape index (κ3) is 4.59. The number of hydrogen-bond acceptors (Lipinski definition) is 4. The Kier molecular flexibility index (Phi) is 4.70. The van der Waals surface area contributed by atoms with Crippen molar-refractivity contribution in [3.63, 3.8) is 0 Å². The van der Waals surface area contributed by atoms with Crippen LogP contribution >= 0.6 is 0 Å². The lowest BCUT2D eigenvalue weighted by Crippen LogP contribution is -2.48. The molecule has 0 bridgehead atoms. The molecule has 0 saturated carbocycles. The van der Waals surface area contributed by atoms with Crippen LogP contribution in [0, 0.1) is 0 Å². The quantitative estimate of drug-likeness (QED) is 0.565. The van der Waals surface area contributed by atoms with Gasteiger partial charge in [0, 0.05) is 39.5 Å². The summed E-state index contributed by atoms with van der Waals surface area (Å²) < 4.78 is 5.12. The van der Waals surface area contributed by atoms with Crippen LogP contribution in [0.3, 0.4) is 0 Å². The highest BCUT2D eigenvalue weighted by Gasteiger charge is 2.29. The first-order valence-corrected chi connectivity index (χ1v) is 5.33. The minimum Gasteiger partial charge on any atom is -0.388 e. The summed E-state index contributed by atoms with van der Waals surface area (Å²) in [5.74, 6) is -0.546. The molecule has 1 saturated heterocycles. The molecule has 1 fully saturated rings. The monoisotopic (exact) mass is 230 g/mol. The van der Waals surface area contributed by atoms with Crippen LogP contribution in [0.5, 0.6) is 0 Å². The third-order valence-corrected chi connectivity index (χ3v) is 2.54. The molecule has 1 rings (SSSR count). The number of ether oxygens (including phenoxy) is 1. The van der Waals surface area contributed by atoms with E-state index in [0.29, 0.717) is 26.1 Å². The topological polar surface area (TPSA) is 87.7 Å². The van der Waals surface area contributed by atoms with E-state index in [1.54, 1.807) is 0 Å². The number of nitrogens with one attached hydrogen (secondary N) is 2. The Morgan fingerprint density at radius 3 is 2.50 bits per heavy atom. The molecule has 6 heteroatoms. The summed E-state index contributed by atoms with van der Waals surface area (Å²) in [6, 6.07) is 0. The molecular formula is C10H18N2O4. The first-order chi connectivity index (χ1) is 7.52. The Balaban J connectivity index is 2.22. The molecule has 0 radical (unpaired) electrons. The number of carbonyl (C=O) groups is 2. The van der Waals surface area contributed by atoms with Crippen molar-refractivity contribution < 1.29 is 19.4 Å². The van der Waals surface area contributed by atoms with E-state index in [-0.39, 0.29) is 24.9 Å². The second-order valence-electron chi connectivity index (χ2n) is 4.02. The third-order valence-electron chi connectivity index (χ3n) is 2.54. The van der Waals surface area contributed by atoms with Gasteiger partial charge in [-0.15, -0.1) is 0 Å². The van der Waals surface area contributed by atoms with Gasteiger partial charge in [0.05, 0.1) is 12.1 Å². The summed E-state index contributed by atoms with van der Waals surface area (Å²) in [5.41, 5.74) is -0.871. The lowest BCUT2D eigenvalue weighted by Gasteiger charge is -2.32. The van der Waals surface area contributed by atoms with Gasteiger partial charge in [-0.3, -0.25) is 9.59 Å². The average molecular weight is 230 g/mol. The molecule has 0 atom stereocenters. The van der Waals surface area contributed by atoms with Crippen molar-refractivity contribution in [2.24, 2.45) is 0 Å². The van der Waals surface area contributed by atoms with Gasteiger partial charge < -0.3 is 20.5 Å². The predicted molar refractivity (Wildman–Crippen MR) is 56.7 cm³/mol. The molecule has 92 valence electrons. The maximum atomic E-state index is 11.3. The van der Waals surface area contributed by atoms with Crippen LogP contribution in [0.4, 0.5) is 0 Å². The SMILES string of the molecule is CC(=O)NCC(=O)NCC1(O)CCOCC1. The number of aliphatic hydroxyl groups is 1. The van der Waals surface area contributed by atoms with Crippen molar-refractivity contribution in [2.75, 3.05) is 26.3 Å². The Bertz CT molecular complexity index is 262. The fourth-order valence-electron chi connectivity index (χ4n) is 1.46. The van der Waals surface area contributed by atoms with E-state index in [1.807, 2.05) is 0 Å². The lowest BCUT2D eigenvalue weighted by molar-refractivity contribution is -0.126. The van der Waals surface area contributed by atoms with Gasteiger partial charge in [-0.2, -0.15) is 0 Å². The van der Waals surface area contributed by atoms with Crippen LogP contribution < -0.4 is 10.6 Å².